The highest BCUT2D eigenvalue weighted by atomic mass is 32.2. The Morgan fingerprint density at radius 3 is 1.90 bits per heavy atom. The molecule has 39 heavy (non-hydrogen) atoms. The van der Waals surface area contributed by atoms with Crippen LogP contribution in [0.2, 0.25) is 0 Å². The van der Waals surface area contributed by atoms with Crippen LogP contribution in [0.1, 0.15) is 32.6 Å². The number of anilines is 3. The van der Waals surface area contributed by atoms with Crippen molar-refractivity contribution in [3.63, 3.8) is 0 Å². The van der Waals surface area contributed by atoms with Gasteiger partial charge in [-0.05, 0) is 105 Å². The zero-order chi connectivity index (χ0) is 28.4. The fraction of sp³-hybridized carbons (Fsp3) is 0.138. The van der Waals surface area contributed by atoms with E-state index in [0.29, 0.717) is 22.6 Å². The molecule has 0 bridgehead atoms. The van der Waals surface area contributed by atoms with Gasteiger partial charge in [0, 0.05) is 16.9 Å². The molecule has 202 valence electrons. The van der Waals surface area contributed by atoms with Gasteiger partial charge in [-0.25, -0.2) is 16.8 Å². The zero-order valence-corrected chi connectivity index (χ0v) is 23.6. The van der Waals surface area contributed by atoms with E-state index < -0.39 is 26.0 Å². The van der Waals surface area contributed by atoms with Crippen LogP contribution in [0.3, 0.4) is 0 Å². The Morgan fingerprint density at radius 1 is 0.590 bits per heavy atom. The van der Waals surface area contributed by atoms with Gasteiger partial charge in [-0.15, -0.1) is 0 Å². The van der Waals surface area contributed by atoms with Gasteiger partial charge in [-0.2, -0.15) is 0 Å². The normalized spacial score (nSPS) is 11.6. The molecule has 4 rings (SSSR count). The van der Waals surface area contributed by atoms with Gasteiger partial charge in [0.25, 0.3) is 26.0 Å². The number of rotatable bonds is 8. The second-order valence-corrected chi connectivity index (χ2v) is 12.6. The molecule has 0 atom stereocenters. The molecule has 0 aromatic heterocycles. The van der Waals surface area contributed by atoms with Crippen LogP contribution in [0.4, 0.5) is 17.1 Å². The summed E-state index contributed by atoms with van der Waals surface area (Å²) in [5.41, 5.74) is 4.67. The van der Waals surface area contributed by atoms with Crippen LogP contribution in [0.25, 0.3) is 0 Å². The molecule has 0 radical (unpaired) electrons. The smallest absolute Gasteiger partial charge is 0.262 e. The summed E-state index contributed by atoms with van der Waals surface area (Å²) in [6.45, 7) is 7.29. The maximum absolute atomic E-state index is 13.1. The van der Waals surface area contributed by atoms with Gasteiger partial charge in [-0.1, -0.05) is 30.3 Å². The van der Waals surface area contributed by atoms with Crippen LogP contribution < -0.4 is 14.8 Å². The minimum absolute atomic E-state index is 0.0164. The summed E-state index contributed by atoms with van der Waals surface area (Å²) < 4.78 is 57.0. The predicted octanol–water partition coefficient (Wildman–Crippen LogP) is 5.77. The quantitative estimate of drug-likeness (QED) is 0.251. The van der Waals surface area contributed by atoms with Crippen molar-refractivity contribution in [1.82, 2.24) is 0 Å². The number of aryl methyl sites for hydroxylation is 4. The average Bonchev–Trinajstić information content (AvgIpc) is 2.88. The minimum Gasteiger partial charge on any atom is -0.322 e. The van der Waals surface area contributed by atoms with Crippen LogP contribution >= 0.6 is 0 Å². The van der Waals surface area contributed by atoms with E-state index in [4.69, 9.17) is 0 Å². The van der Waals surface area contributed by atoms with Crippen molar-refractivity contribution in [2.75, 3.05) is 14.8 Å². The SMILES string of the molecule is Cc1ccc(NS(=O)(=O)c2ccc(NC(=O)c3ccc(C)c(S(=O)(=O)Nc4ccccc4C)c3)cc2)cc1C. The lowest BCUT2D eigenvalue weighted by Gasteiger charge is -2.14. The average molecular weight is 564 g/mol. The lowest BCUT2D eigenvalue weighted by molar-refractivity contribution is 0.102. The molecule has 0 aliphatic heterocycles. The molecule has 4 aromatic carbocycles. The van der Waals surface area contributed by atoms with E-state index in [2.05, 4.69) is 14.8 Å². The van der Waals surface area contributed by atoms with Crippen LogP contribution in [-0.4, -0.2) is 22.7 Å². The van der Waals surface area contributed by atoms with Crippen molar-refractivity contribution >= 4 is 43.0 Å². The Kier molecular flexibility index (Phi) is 7.80. The third-order valence-corrected chi connectivity index (χ3v) is 9.22. The standard InChI is InChI=1S/C29H29N3O5S2/c1-19-10-12-25(17-22(19)4)31-38(34,35)26-15-13-24(14-16-26)30-29(33)23-11-9-21(3)28(18-23)39(36,37)32-27-8-6-5-7-20(27)2/h5-18,31-32H,1-4H3,(H,30,33). The maximum Gasteiger partial charge on any atom is 0.262 e. The second kappa shape index (κ2) is 10.9. The van der Waals surface area contributed by atoms with Crippen molar-refractivity contribution in [3.8, 4) is 0 Å². The fourth-order valence-corrected chi connectivity index (χ4v) is 6.31. The molecule has 4 aromatic rings. The summed E-state index contributed by atoms with van der Waals surface area (Å²) in [4.78, 5) is 13.0. The number of nitrogens with one attached hydrogen (secondary N) is 3. The number of hydrogen-bond donors (Lipinski definition) is 3. The summed E-state index contributed by atoms with van der Waals surface area (Å²) in [7, 11) is -7.78. The van der Waals surface area contributed by atoms with E-state index in [1.54, 1.807) is 50.2 Å². The van der Waals surface area contributed by atoms with E-state index in [1.165, 1.54) is 36.4 Å². The number of hydrogen-bond acceptors (Lipinski definition) is 5. The molecule has 0 heterocycles. The van der Waals surface area contributed by atoms with Crippen LogP contribution in [0.5, 0.6) is 0 Å². The molecular formula is C29H29N3O5S2. The summed E-state index contributed by atoms with van der Waals surface area (Å²) in [6.07, 6.45) is 0. The van der Waals surface area contributed by atoms with E-state index in [1.807, 2.05) is 26.0 Å². The largest absolute Gasteiger partial charge is 0.322 e. The lowest BCUT2D eigenvalue weighted by atomic mass is 10.1. The van der Waals surface area contributed by atoms with Gasteiger partial charge in [0.1, 0.15) is 0 Å². The van der Waals surface area contributed by atoms with Gasteiger partial charge in [0.2, 0.25) is 0 Å². The highest BCUT2D eigenvalue weighted by molar-refractivity contribution is 7.93. The molecule has 1 amide bonds. The third-order valence-electron chi connectivity index (χ3n) is 6.31. The maximum atomic E-state index is 13.1. The van der Waals surface area contributed by atoms with Crippen LogP contribution in [-0.2, 0) is 20.0 Å². The van der Waals surface area contributed by atoms with Gasteiger partial charge < -0.3 is 5.32 Å². The molecule has 0 saturated carbocycles. The van der Waals surface area contributed by atoms with Gasteiger partial charge in [-0.3, -0.25) is 14.2 Å². The van der Waals surface area contributed by atoms with E-state index in [-0.39, 0.29) is 15.4 Å². The van der Waals surface area contributed by atoms with Crippen molar-refractivity contribution in [1.29, 1.82) is 0 Å². The molecule has 0 saturated heterocycles. The number of sulfonamides is 2. The highest BCUT2D eigenvalue weighted by Gasteiger charge is 2.21. The molecular weight excluding hydrogens is 534 g/mol. The third kappa shape index (κ3) is 6.47. The van der Waals surface area contributed by atoms with Gasteiger partial charge in [0.15, 0.2) is 0 Å². The first-order chi connectivity index (χ1) is 18.4. The number of para-hydroxylation sites is 1. The Bertz CT molecular complexity index is 1770. The van der Waals surface area contributed by atoms with Crippen molar-refractivity contribution in [2.24, 2.45) is 0 Å². The first-order valence-corrected chi connectivity index (χ1v) is 15.0. The first-order valence-electron chi connectivity index (χ1n) is 12.1. The second-order valence-electron chi connectivity index (χ2n) is 9.28. The Labute approximate surface area is 229 Å². The summed E-state index contributed by atoms with van der Waals surface area (Å²) >= 11 is 0. The lowest BCUT2D eigenvalue weighted by Crippen LogP contribution is -2.17. The number of carbonyl (C=O) groups excluding carboxylic acids is 1. The molecule has 3 N–H and O–H groups in total. The first kappa shape index (κ1) is 27.9. The summed E-state index contributed by atoms with van der Waals surface area (Å²) in [5.74, 6) is -0.536. The predicted molar refractivity (Wildman–Crippen MR) is 154 cm³/mol. The summed E-state index contributed by atoms with van der Waals surface area (Å²) in [5, 5.41) is 2.69. The van der Waals surface area contributed by atoms with E-state index in [9.17, 15) is 21.6 Å². The monoisotopic (exact) mass is 563 g/mol. The molecule has 0 aliphatic rings. The van der Waals surface area contributed by atoms with Crippen molar-refractivity contribution in [3.05, 3.63) is 113 Å². The Hall–Kier alpha value is -4.15. The van der Waals surface area contributed by atoms with Crippen molar-refractivity contribution in [2.45, 2.75) is 37.5 Å². The zero-order valence-electron chi connectivity index (χ0n) is 21.9. The molecule has 10 heteroatoms. The van der Waals surface area contributed by atoms with Crippen LogP contribution in [0.15, 0.2) is 94.7 Å². The number of benzene rings is 4. The van der Waals surface area contributed by atoms with Gasteiger partial charge in [0.05, 0.1) is 15.5 Å². The Balaban J connectivity index is 1.50. The van der Waals surface area contributed by atoms with Gasteiger partial charge >= 0.3 is 0 Å². The summed E-state index contributed by atoms with van der Waals surface area (Å²) in [6, 6.07) is 22.4. The molecule has 0 spiro atoms. The van der Waals surface area contributed by atoms with Crippen LogP contribution in [0, 0.1) is 27.7 Å². The topological polar surface area (TPSA) is 121 Å². The Morgan fingerprint density at radius 2 is 1.23 bits per heavy atom. The van der Waals surface area contributed by atoms with E-state index in [0.717, 1.165) is 16.7 Å². The number of carbonyl (C=O) groups is 1. The minimum atomic E-state index is -3.95. The number of amides is 1. The molecule has 8 nitrogen and oxygen atoms in total. The highest BCUT2D eigenvalue weighted by Crippen LogP contribution is 2.24. The van der Waals surface area contributed by atoms with Crippen molar-refractivity contribution < 1.29 is 21.6 Å². The molecule has 0 unspecified atom stereocenters. The fourth-order valence-electron chi connectivity index (χ4n) is 3.86. The van der Waals surface area contributed by atoms with E-state index >= 15 is 0 Å². The molecule has 0 aliphatic carbocycles. The molecule has 0 fully saturated rings.